The lowest BCUT2D eigenvalue weighted by Crippen LogP contribution is -2.17. The molecule has 14 heavy (non-hydrogen) atoms. The molecule has 0 aliphatic carbocycles. The van der Waals surface area contributed by atoms with Gasteiger partial charge < -0.3 is 5.32 Å². The van der Waals surface area contributed by atoms with Crippen molar-refractivity contribution in [2.24, 2.45) is 0 Å². The Hall–Kier alpha value is -0.890. The van der Waals surface area contributed by atoms with Gasteiger partial charge in [0.2, 0.25) is 0 Å². The van der Waals surface area contributed by atoms with Gasteiger partial charge in [0.05, 0.1) is 0 Å². The molecule has 2 nitrogen and oxygen atoms in total. The number of rotatable bonds is 4. The first-order chi connectivity index (χ1) is 6.67. The van der Waals surface area contributed by atoms with E-state index in [1.165, 1.54) is 12.0 Å². The molecule has 2 heteroatoms. The number of aryl methyl sites for hydroxylation is 2. The van der Waals surface area contributed by atoms with Crippen molar-refractivity contribution in [3.8, 4) is 0 Å². The Morgan fingerprint density at radius 2 is 1.86 bits per heavy atom. The summed E-state index contributed by atoms with van der Waals surface area (Å²) in [5.74, 6) is 0.611. The zero-order valence-corrected chi connectivity index (χ0v) is 9.59. The van der Waals surface area contributed by atoms with Gasteiger partial charge in [0.1, 0.15) is 0 Å². The Labute approximate surface area is 86.8 Å². The summed E-state index contributed by atoms with van der Waals surface area (Å²) in [7, 11) is 2.00. The molecule has 0 aliphatic rings. The molecule has 1 N–H and O–H groups in total. The number of pyridine rings is 1. The summed E-state index contributed by atoms with van der Waals surface area (Å²) in [6.45, 7) is 7.39. The first kappa shape index (κ1) is 11.2. The van der Waals surface area contributed by atoms with Gasteiger partial charge in [0.25, 0.3) is 0 Å². The van der Waals surface area contributed by atoms with Gasteiger partial charge in [0, 0.05) is 17.9 Å². The summed E-state index contributed by atoms with van der Waals surface area (Å²) in [6, 6.07) is 4.39. The van der Waals surface area contributed by atoms with Gasteiger partial charge in [-0.25, -0.2) is 0 Å². The van der Waals surface area contributed by atoms with Crippen LogP contribution in [0.3, 0.4) is 0 Å². The van der Waals surface area contributed by atoms with Crippen LogP contribution in [0.2, 0.25) is 0 Å². The molecule has 0 fully saturated rings. The van der Waals surface area contributed by atoms with Crippen molar-refractivity contribution in [2.75, 3.05) is 13.6 Å². The fourth-order valence-electron chi connectivity index (χ4n) is 1.85. The molecule has 0 saturated heterocycles. The molecule has 1 aromatic rings. The summed E-state index contributed by atoms with van der Waals surface area (Å²) < 4.78 is 0. The first-order valence-electron chi connectivity index (χ1n) is 5.27. The molecule has 0 radical (unpaired) electrons. The quantitative estimate of drug-likeness (QED) is 0.792. The highest BCUT2D eigenvalue weighted by molar-refractivity contribution is 5.24. The molecule has 0 amide bonds. The van der Waals surface area contributed by atoms with E-state index in [0.29, 0.717) is 5.92 Å². The van der Waals surface area contributed by atoms with Crippen LogP contribution >= 0.6 is 0 Å². The highest BCUT2D eigenvalue weighted by Crippen LogP contribution is 2.19. The number of nitrogens with one attached hydrogen (secondary N) is 1. The van der Waals surface area contributed by atoms with E-state index in [1.807, 2.05) is 7.05 Å². The SMILES string of the molecule is CCC(CNC)c1cc(C)nc(C)c1. The van der Waals surface area contributed by atoms with E-state index in [0.717, 1.165) is 17.9 Å². The van der Waals surface area contributed by atoms with Crippen molar-refractivity contribution in [1.82, 2.24) is 10.3 Å². The van der Waals surface area contributed by atoms with Crippen LogP contribution in [0, 0.1) is 13.8 Å². The maximum atomic E-state index is 4.39. The van der Waals surface area contributed by atoms with E-state index in [9.17, 15) is 0 Å². The van der Waals surface area contributed by atoms with Gasteiger partial charge in [0.15, 0.2) is 0 Å². The lowest BCUT2D eigenvalue weighted by molar-refractivity contribution is 0.610. The average molecular weight is 192 g/mol. The summed E-state index contributed by atoms with van der Waals surface area (Å²) in [5.41, 5.74) is 3.65. The molecule has 1 aromatic heterocycles. The van der Waals surface area contributed by atoms with Crippen LogP contribution in [0.15, 0.2) is 12.1 Å². The Balaban J connectivity index is 2.91. The Morgan fingerprint density at radius 3 is 2.29 bits per heavy atom. The van der Waals surface area contributed by atoms with Crippen molar-refractivity contribution in [1.29, 1.82) is 0 Å². The summed E-state index contributed by atoms with van der Waals surface area (Å²) in [5, 5.41) is 3.24. The third-order valence-electron chi connectivity index (χ3n) is 2.52. The number of hydrogen-bond donors (Lipinski definition) is 1. The zero-order chi connectivity index (χ0) is 10.6. The summed E-state index contributed by atoms with van der Waals surface area (Å²) >= 11 is 0. The van der Waals surface area contributed by atoms with Gasteiger partial charge in [-0.15, -0.1) is 0 Å². The molecule has 1 unspecified atom stereocenters. The molecule has 0 aliphatic heterocycles. The third-order valence-corrected chi connectivity index (χ3v) is 2.52. The molecule has 0 bridgehead atoms. The van der Waals surface area contributed by atoms with Gasteiger partial charge in [-0.3, -0.25) is 4.98 Å². The van der Waals surface area contributed by atoms with Crippen molar-refractivity contribution >= 4 is 0 Å². The monoisotopic (exact) mass is 192 g/mol. The standard InChI is InChI=1S/C12H20N2/c1-5-11(8-13-4)12-6-9(2)14-10(3)7-12/h6-7,11,13H,5,8H2,1-4H3. The molecule has 1 heterocycles. The second-order valence-corrected chi connectivity index (χ2v) is 3.85. The minimum Gasteiger partial charge on any atom is -0.319 e. The minimum absolute atomic E-state index is 0.611. The maximum Gasteiger partial charge on any atom is 0.0378 e. The van der Waals surface area contributed by atoms with Crippen LogP contribution in [0.5, 0.6) is 0 Å². The van der Waals surface area contributed by atoms with Crippen LogP contribution in [0.4, 0.5) is 0 Å². The summed E-state index contributed by atoms with van der Waals surface area (Å²) in [6.07, 6.45) is 1.17. The Bertz CT molecular complexity index is 274. The van der Waals surface area contributed by atoms with E-state index in [1.54, 1.807) is 0 Å². The number of likely N-dealkylation sites (N-methyl/N-ethyl adjacent to an activating group) is 1. The molecular formula is C12H20N2. The van der Waals surface area contributed by atoms with E-state index < -0.39 is 0 Å². The number of nitrogens with zero attached hydrogens (tertiary/aromatic N) is 1. The Kier molecular flexibility index (Phi) is 4.08. The Morgan fingerprint density at radius 1 is 1.29 bits per heavy atom. The van der Waals surface area contributed by atoms with Crippen molar-refractivity contribution in [3.63, 3.8) is 0 Å². The van der Waals surface area contributed by atoms with Crippen molar-refractivity contribution < 1.29 is 0 Å². The lowest BCUT2D eigenvalue weighted by atomic mass is 9.96. The second kappa shape index (κ2) is 5.11. The molecular weight excluding hydrogens is 172 g/mol. The summed E-state index contributed by atoms with van der Waals surface area (Å²) in [4.78, 5) is 4.39. The van der Waals surface area contributed by atoms with Gasteiger partial charge in [-0.2, -0.15) is 0 Å². The van der Waals surface area contributed by atoms with Crippen LogP contribution in [-0.4, -0.2) is 18.6 Å². The average Bonchev–Trinajstić information content (AvgIpc) is 2.12. The van der Waals surface area contributed by atoms with Gasteiger partial charge in [-0.1, -0.05) is 6.92 Å². The van der Waals surface area contributed by atoms with E-state index in [2.05, 4.69) is 43.2 Å². The highest BCUT2D eigenvalue weighted by atomic mass is 14.8. The van der Waals surface area contributed by atoms with Crippen LogP contribution in [0.25, 0.3) is 0 Å². The largest absolute Gasteiger partial charge is 0.319 e. The van der Waals surface area contributed by atoms with Gasteiger partial charge in [-0.05, 0) is 50.9 Å². The topological polar surface area (TPSA) is 24.9 Å². The molecule has 1 rings (SSSR count). The fourth-order valence-corrected chi connectivity index (χ4v) is 1.85. The van der Waals surface area contributed by atoms with E-state index in [4.69, 9.17) is 0 Å². The predicted molar refractivity (Wildman–Crippen MR) is 60.7 cm³/mol. The number of aromatic nitrogens is 1. The van der Waals surface area contributed by atoms with Crippen molar-refractivity contribution in [2.45, 2.75) is 33.1 Å². The number of hydrogen-bond acceptors (Lipinski definition) is 2. The molecule has 0 saturated carbocycles. The van der Waals surface area contributed by atoms with Gasteiger partial charge >= 0.3 is 0 Å². The minimum atomic E-state index is 0.611. The second-order valence-electron chi connectivity index (χ2n) is 3.85. The first-order valence-corrected chi connectivity index (χ1v) is 5.27. The molecule has 0 spiro atoms. The lowest BCUT2D eigenvalue weighted by Gasteiger charge is -2.15. The maximum absolute atomic E-state index is 4.39. The smallest absolute Gasteiger partial charge is 0.0378 e. The normalized spacial score (nSPS) is 12.9. The predicted octanol–water partition coefficient (Wildman–Crippen LogP) is 2.41. The molecule has 0 aromatic carbocycles. The third kappa shape index (κ3) is 2.81. The van der Waals surface area contributed by atoms with E-state index in [-0.39, 0.29) is 0 Å². The van der Waals surface area contributed by atoms with Crippen LogP contribution in [0.1, 0.15) is 36.2 Å². The highest BCUT2D eigenvalue weighted by Gasteiger charge is 2.09. The van der Waals surface area contributed by atoms with E-state index >= 15 is 0 Å². The fraction of sp³-hybridized carbons (Fsp3) is 0.583. The molecule has 1 atom stereocenters. The zero-order valence-electron chi connectivity index (χ0n) is 9.59. The van der Waals surface area contributed by atoms with Crippen LogP contribution in [-0.2, 0) is 0 Å². The molecule has 78 valence electrons. The van der Waals surface area contributed by atoms with Crippen LogP contribution < -0.4 is 5.32 Å². The van der Waals surface area contributed by atoms with Crippen molar-refractivity contribution in [3.05, 3.63) is 29.1 Å².